The molecule has 0 bridgehead atoms. The summed E-state index contributed by atoms with van der Waals surface area (Å²) in [5.74, 6) is -0.248. The van der Waals surface area contributed by atoms with Gasteiger partial charge in [0.05, 0.1) is 12.7 Å². The summed E-state index contributed by atoms with van der Waals surface area (Å²) in [7, 11) is 3.58. The van der Waals surface area contributed by atoms with Crippen LogP contribution in [-0.2, 0) is 17.6 Å². The molecule has 0 unspecified atom stereocenters. The summed E-state index contributed by atoms with van der Waals surface area (Å²) in [6.07, 6.45) is 6.84. The molecule has 1 N–H and O–H groups in total. The lowest BCUT2D eigenvalue weighted by Crippen LogP contribution is -2.48. The first-order valence-electron chi connectivity index (χ1n) is 9.07. The highest BCUT2D eigenvalue weighted by molar-refractivity contribution is 7.80. The molecule has 1 aromatic rings. The Morgan fingerprint density at radius 1 is 1.12 bits per heavy atom. The van der Waals surface area contributed by atoms with Crippen LogP contribution in [0.25, 0.3) is 0 Å². The Labute approximate surface area is 159 Å². The third kappa shape index (κ3) is 4.33. The maximum Gasteiger partial charge on any atom is 0.341 e. The second-order valence-electron chi connectivity index (χ2n) is 6.83. The highest BCUT2D eigenvalue weighted by atomic mass is 32.1. The smallest absolute Gasteiger partial charge is 0.341 e. The second kappa shape index (κ2) is 8.47. The number of thiocarbonyl (C=S) groups is 1. The van der Waals surface area contributed by atoms with Crippen molar-refractivity contribution < 1.29 is 9.53 Å². The van der Waals surface area contributed by atoms with Gasteiger partial charge in [0.1, 0.15) is 5.00 Å². The predicted molar refractivity (Wildman–Crippen MR) is 107 cm³/mol. The van der Waals surface area contributed by atoms with Gasteiger partial charge in [0, 0.05) is 31.1 Å². The van der Waals surface area contributed by atoms with Gasteiger partial charge in [0.15, 0.2) is 5.11 Å². The number of piperazine rings is 1. The molecule has 0 amide bonds. The lowest BCUT2D eigenvalue weighted by atomic mass is 9.96. The van der Waals surface area contributed by atoms with Gasteiger partial charge >= 0.3 is 5.97 Å². The van der Waals surface area contributed by atoms with Crippen LogP contribution in [0.1, 0.15) is 46.5 Å². The highest BCUT2D eigenvalue weighted by Gasteiger charge is 2.26. The van der Waals surface area contributed by atoms with Crippen LogP contribution < -0.4 is 5.32 Å². The predicted octanol–water partition coefficient (Wildman–Crippen LogP) is 3.14. The van der Waals surface area contributed by atoms with E-state index in [0.29, 0.717) is 10.7 Å². The molecule has 7 heteroatoms. The van der Waals surface area contributed by atoms with Gasteiger partial charge < -0.3 is 19.9 Å². The van der Waals surface area contributed by atoms with Gasteiger partial charge in [-0.15, -0.1) is 11.3 Å². The van der Waals surface area contributed by atoms with E-state index in [4.69, 9.17) is 17.0 Å². The minimum Gasteiger partial charge on any atom is -0.465 e. The van der Waals surface area contributed by atoms with Crippen LogP contribution in [0.5, 0.6) is 0 Å². The summed E-state index contributed by atoms with van der Waals surface area (Å²) < 4.78 is 5.08. The van der Waals surface area contributed by atoms with Gasteiger partial charge in [-0.05, 0) is 50.5 Å². The number of esters is 1. The zero-order valence-electron chi connectivity index (χ0n) is 15.1. The molecule has 2 heterocycles. The minimum atomic E-state index is -0.248. The van der Waals surface area contributed by atoms with Gasteiger partial charge in [-0.2, -0.15) is 0 Å². The van der Waals surface area contributed by atoms with Crippen molar-refractivity contribution in [3.05, 3.63) is 16.0 Å². The van der Waals surface area contributed by atoms with Crippen molar-refractivity contribution in [2.75, 3.05) is 45.7 Å². The Hall–Kier alpha value is -1.18. The molecule has 1 fully saturated rings. The van der Waals surface area contributed by atoms with Gasteiger partial charge in [-0.3, -0.25) is 0 Å². The summed E-state index contributed by atoms with van der Waals surface area (Å²) in [6.45, 7) is 3.85. The topological polar surface area (TPSA) is 44.8 Å². The number of rotatable bonds is 2. The number of hydrogen-bond acceptors (Lipinski definition) is 5. The molecular weight excluding hydrogens is 354 g/mol. The molecule has 2 aliphatic rings. The number of hydrogen-bond donors (Lipinski definition) is 1. The van der Waals surface area contributed by atoms with Crippen molar-refractivity contribution in [3.63, 3.8) is 0 Å². The summed E-state index contributed by atoms with van der Waals surface area (Å²) in [5, 5.41) is 4.94. The van der Waals surface area contributed by atoms with Gasteiger partial charge in [-0.25, -0.2) is 4.79 Å². The van der Waals surface area contributed by atoms with Crippen molar-refractivity contribution in [3.8, 4) is 0 Å². The molecule has 1 saturated heterocycles. The van der Waals surface area contributed by atoms with Crippen molar-refractivity contribution in [2.24, 2.45) is 0 Å². The lowest BCUT2D eigenvalue weighted by Gasteiger charge is -2.34. The fourth-order valence-corrected chi connectivity index (χ4v) is 5.14. The Morgan fingerprint density at radius 2 is 1.80 bits per heavy atom. The maximum absolute atomic E-state index is 12.4. The van der Waals surface area contributed by atoms with Crippen LogP contribution in [0.4, 0.5) is 5.00 Å². The Morgan fingerprint density at radius 3 is 2.48 bits per heavy atom. The van der Waals surface area contributed by atoms with E-state index in [1.54, 1.807) is 11.3 Å². The summed E-state index contributed by atoms with van der Waals surface area (Å²) in [5.41, 5.74) is 1.89. The quantitative estimate of drug-likeness (QED) is 0.627. The summed E-state index contributed by atoms with van der Waals surface area (Å²) in [4.78, 5) is 18.3. The van der Waals surface area contributed by atoms with Crippen LogP contribution >= 0.6 is 23.6 Å². The van der Waals surface area contributed by atoms with E-state index in [2.05, 4.69) is 22.2 Å². The number of thiophene rings is 1. The molecule has 5 nitrogen and oxygen atoms in total. The normalized spacial score (nSPS) is 18.9. The third-order valence-corrected chi connectivity index (χ3v) is 6.64. The number of likely N-dealkylation sites (N-methyl/N-ethyl adjacent to an activating group) is 1. The van der Waals surface area contributed by atoms with E-state index in [1.807, 2.05) is 0 Å². The fraction of sp³-hybridized carbons (Fsp3) is 0.667. The number of anilines is 1. The molecule has 138 valence electrons. The molecule has 0 aromatic carbocycles. The zero-order valence-corrected chi connectivity index (χ0v) is 16.7. The van der Waals surface area contributed by atoms with E-state index < -0.39 is 0 Å². The average Bonchev–Trinajstić information content (AvgIpc) is 2.91. The lowest BCUT2D eigenvalue weighted by molar-refractivity contribution is 0.0601. The number of carbonyl (C=O) groups is 1. The maximum atomic E-state index is 12.4. The van der Waals surface area contributed by atoms with Crippen molar-refractivity contribution in [1.82, 2.24) is 9.80 Å². The number of fused-ring (bicyclic) bond motifs is 1. The average molecular weight is 382 g/mol. The van der Waals surface area contributed by atoms with Crippen molar-refractivity contribution in [2.45, 2.75) is 38.5 Å². The Balaban J connectivity index is 1.83. The SMILES string of the molecule is COC(=O)c1c(NC(=S)N2CCN(C)CC2)sc2c1CCCCCC2. The number of ether oxygens (including phenoxy) is 1. The number of aryl methyl sites for hydroxylation is 1. The number of nitrogens with one attached hydrogen (secondary N) is 1. The molecule has 1 aromatic heterocycles. The molecule has 0 atom stereocenters. The first-order chi connectivity index (χ1) is 12.1. The molecule has 1 aliphatic heterocycles. The number of carbonyl (C=O) groups excluding carboxylic acids is 1. The Kier molecular flexibility index (Phi) is 6.30. The zero-order chi connectivity index (χ0) is 17.8. The highest BCUT2D eigenvalue weighted by Crippen LogP contribution is 2.37. The van der Waals surface area contributed by atoms with Crippen LogP contribution in [0, 0.1) is 0 Å². The first kappa shape index (κ1) is 18.6. The second-order valence-corrected chi connectivity index (χ2v) is 8.33. The number of methoxy groups -OCH3 is 1. The van der Waals surface area contributed by atoms with E-state index in [1.165, 1.54) is 36.8 Å². The van der Waals surface area contributed by atoms with Crippen LogP contribution in [-0.4, -0.2) is 61.2 Å². The van der Waals surface area contributed by atoms with E-state index in [0.717, 1.165) is 50.4 Å². The summed E-state index contributed by atoms with van der Waals surface area (Å²) >= 11 is 7.31. The number of nitrogens with zero attached hydrogens (tertiary/aromatic N) is 2. The summed E-state index contributed by atoms with van der Waals surface area (Å²) in [6, 6.07) is 0. The molecule has 3 rings (SSSR count). The minimum absolute atomic E-state index is 0.248. The van der Waals surface area contributed by atoms with Crippen molar-refractivity contribution >= 4 is 39.6 Å². The molecular formula is C18H27N3O2S2. The monoisotopic (exact) mass is 381 g/mol. The molecule has 0 spiro atoms. The van der Waals surface area contributed by atoms with Gasteiger partial charge in [0.2, 0.25) is 0 Å². The van der Waals surface area contributed by atoms with E-state index in [9.17, 15) is 4.79 Å². The van der Waals surface area contributed by atoms with Gasteiger partial charge in [-0.1, -0.05) is 12.8 Å². The molecule has 0 radical (unpaired) electrons. The standard InChI is InChI=1S/C18H27N3O2S2/c1-20-9-11-21(12-10-20)18(24)19-16-15(17(22)23-2)13-7-5-3-4-6-8-14(13)25-16/h3-12H2,1-2H3,(H,19,24). The van der Waals surface area contributed by atoms with Crippen molar-refractivity contribution in [1.29, 1.82) is 0 Å². The van der Waals surface area contributed by atoms with Crippen LogP contribution in [0.2, 0.25) is 0 Å². The van der Waals surface area contributed by atoms with Crippen LogP contribution in [0.15, 0.2) is 0 Å². The first-order valence-corrected chi connectivity index (χ1v) is 10.3. The molecule has 25 heavy (non-hydrogen) atoms. The van der Waals surface area contributed by atoms with E-state index >= 15 is 0 Å². The Bertz CT molecular complexity index is 637. The largest absolute Gasteiger partial charge is 0.465 e. The van der Waals surface area contributed by atoms with Gasteiger partial charge in [0.25, 0.3) is 0 Å². The van der Waals surface area contributed by atoms with E-state index in [-0.39, 0.29) is 5.97 Å². The third-order valence-electron chi connectivity index (χ3n) is 5.07. The van der Waals surface area contributed by atoms with Crippen LogP contribution in [0.3, 0.4) is 0 Å². The fourth-order valence-electron chi connectivity index (χ4n) is 3.51. The molecule has 0 saturated carbocycles. The molecule has 1 aliphatic carbocycles.